The molecule has 0 rings (SSSR count). The SMILES string of the molecule is CC=CC(=O)OCCCOCCC. The van der Waals surface area contributed by atoms with Gasteiger partial charge in [0, 0.05) is 25.7 Å². The average molecular weight is 186 g/mol. The summed E-state index contributed by atoms with van der Waals surface area (Å²) in [6.45, 7) is 5.73. The second-order valence-electron chi connectivity index (χ2n) is 2.63. The monoisotopic (exact) mass is 186 g/mol. The Balaban J connectivity index is 3.11. The highest BCUT2D eigenvalue weighted by Gasteiger charge is 1.94. The molecule has 0 aliphatic carbocycles. The molecule has 0 atom stereocenters. The molecule has 0 spiro atoms. The number of allylic oxidation sites excluding steroid dienone is 1. The van der Waals surface area contributed by atoms with Gasteiger partial charge in [0.25, 0.3) is 0 Å². The molecule has 13 heavy (non-hydrogen) atoms. The van der Waals surface area contributed by atoms with Gasteiger partial charge in [-0.1, -0.05) is 13.0 Å². The fraction of sp³-hybridized carbons (Fsp3) is 0.700. The highest BCUT2D eigenvalue weighted by molar-refractivity contribution is 5.81. The number of esters is 1. The summed E-state index contributed by atoms with van der Waals surface area (Å²) in [7, 11) is 0. The summed E-state index contributed by atoms with van der Waals surface area (Å²) < 4.78 is 10.1. The lowest BCUT2D eigenvalue weighted by Crippen LogP contribution is -2.05. The first-order valence-electron chi connectivity index (χ1n) is 4.68. The maximum absolute atomic E-state index is 10.8. The van der Waals surface area contributed by atoms with Crippen LogP contribution in [0, 0.1) is 0 Å². The van der Waals surface area contributed by atoms with Crippen molar-refractivity contribution in [2.45, 2.75) is 26.7 Å². The van der Waals surface area contributed by atoms with Gasteiger partial charge >= 0.3 is 5.97 Å². The summed E-state index contributed by atoms with van der Waals surface area (Å²) in [4.78, 5) is 10.8. The van der Waals surface area contributed by atoms with E-state index in [0.29, 0.717) is 13.2 Å². The summed E-state index contributed by atoms with van der Waals surface area (Å²) in [5.74, 6) is -0.280. The van der Waals surface area contributed by atoms with Gasteiger partial charge in [-0.15, -0.1) is 0 Å². The minimum absolute atomic E-state index is 0.280. The summed E-state index contributed by atoms with van der Waals surface area (Å²) in [6, 6.07) is 0. The van der Waals surface area contributed by atoms with Crippen molar-refractivity contribution in [3.63, 3.8) is 0 Å². The highest BCUT2D eigenvalue weighted by atomic mass is 16.5. The number of carbonyl (C=O) groups excluding carboxylic acids is 1. The van der Waals surface area contributed by atoms with Gasteiger partial charge in [-0.25, -0.2) is 4.79 Å². The third-order valence-electron chi connectivity index (χ3n) is 1.33. The molecule has 0 N–H and O–H groups in total. The Morgan fingerprint density at radius 2 is 2.08 bits per heavy atom. The number of ether oxygens (including phenoxy) is 2. The van der Waals surface area contributed by atoms with E-state index in [-0.39, 0.29) is 5.97 Å². The van der Waals surface area contributed by atoms with Crippen molar-refractivity contribution in [1.82, 2.24) is 0 Å². The first kappa shape index (κ1) is 12.2. The van der Waals surface area contributed by atoms with Gasteiger partial charge in [0.05, 0.1) is 6.61 Å². The molecular formula is C10H18O3. The normalized spacial score (nSPS) is 10.6. The molecule has 0 amide bonds. The minimum atomic E-state index is -0.280. The molecule has 0 fully saturated rings. The molecule has 0 aliphatic rings. The maximum Gasteiger partial charge on any atom is 0.330 e. The van der Waals surface area contributed by atoms with Gasteiger partial charge in [-0.05, 0) is 13.3 Å². The van der Waals surface area contributed by atoms with Crippen molar-refractivity contribution < 1.29 is 14.3 Å². The van der Waals surface area contributed by atoms with Crippen LogP contribution in [-0.4, -0.2) is 25.8 Å². The molecule has 0 radical (unpaired) electrons. The van der Waals surface area contributed by atoms with E-state index in [1.54, 1.807) is 13.0 Å². The maximum atomic E-state index is 10.8. The van der Waals surface area contributed by atoms with E-state index in [1.807, 2.05) is 0 Å². The van der Waals surface area contributed by atoms with Crippen molar-refractivity contribution >= 4 is 5.97 Å². The lowest BCUT2D eigenvalue weighted by Gasteiger charge is -2.02. The van der Waals surface area contributed by atoms with Gasteiger partial charge in [-0.3, -0.25) is 0 Å². The molecule has 3 nitrogen and oxygen atoms in total. The molecule has 0 aromatic heterocycles. The third kappa shape index (κ3) is 9.08. The van der Waals surface area contributed by atoms with E-state index < -0.39 is 0 Å². The molecule has 0 aromatic carbocycles. The number of hydrogen-bond donors (Lipinski definition) is 0. The standard InChI is InChI=1S/C10H18O3/c1-3-6-10(11)13-9-5-8-12-7-4-2/h3,6H,4-5,7-9H2,1-2H3. The van der Waals surface area contributed by atoms with Gasteiger partial charge in [0.15, 0.2) is 0 Å². The molecule has 0 bridgehead atoms. The van der Waals surface area contributed by atoms with Crippen LogP contribution in [0.25, 0.3) is 0 Å². The van der Waals surface area contributed by atoms with Crippen molar-refractivity contribution in [3.8, 4) is 0 Å². The molecule has 0 heterocycles. The molecule has 0 aromatic rings. The fourth-order valence-electron chi connectivity index (χ4n) is 0.764. The Morgan fingerprint density at radius 1 is 1.31 bits per heavy atom. The van der Waals surface area contributed by atoms with Crippen LogP contribution in [-0.2, 0) is 14.3 Å². The Labute approximate surface area is 79.7 Å². The van der Waals surface area contributed by atoms with Crippen LogP contribution < -0.4 is 0 Å². The zero-order valence-corrected chi connectivity index (χ0v) is 8.41. The topological polar surface area (TPSA) is 35.5 Å². The van der Waals surface area contributed by atoms with Crippen LogP contribution in [0.5, 0.6) is 0 Å². The third-order valence-corrected chi connectivity index (χ3v) is 1.33. The van der Waals surface area contributed by atoms with Crippen LogP contribution in [0.4, 0.5) is 0 Å². The predicted molar refractivity (Wildman–Crippen MR) is 51.5 cm³/mol. The number of carbonyl (C=O) groups is 1. The zero-order chi connectivity index (χ0) is 9.94. The largest absolute Gasteiger partial charge is 0.462 e. The highest BCUT2D eigenvalue weighted by Crippen LogP contribution is 1.88. The Hall–Kier alpha value is -0.830. The summed E-state index contributed by atoms with van der Waals surface area (Å²) >= 11 is 0. The van der Waals surface area contributed by atoms with E-state index in [2.05, 4.69) is 6.92 Å². The Bertz CT molecular complexity index is 152. The molecule has 0 unspecified atom stereocenters. The smallest absolute Gasteiger partial charge is 0.330 e. The van der Waals surface area contributed by atoms with E-state index in [4.69, 9.17) is 9.47 Å². The van der Waals surface area contributed by atoms with Gasteiger partial charge < -0.3 is 9.47 Å². The van der Waals surface area contributed by atoms with Gasteiger partial charge in [0.2, 0.25) is 0 Å². The lowest BCUT2D eigenvalue weighted by molar-refractivity contribution is -0.138. The quantitative estimate of drug-likeness (QED) is 0.346. The van der Waals surface area contributed by atoms with Crippen LogP contribution in [0.2, 0.25) is 0 Å². The van der Waals surface area contributed by atoms with E-state index in [1.165, 1.54) is 6.08 Å². The second-order valence-corrected chi connectivity index (χ2v) is 2.63. The summed E-state index contributed by atoms with van der Waals surface area (Å²) in [5, 5.41) is 0. The fourth-order valence-corrected chi connectivity index (χ4v) is 0.764. The van der Waals surface area contributed by atoms with Gasteiger partial charge in [0.1, 0.15) is 0 Å². The molecular weight excluding hydrogens is 168 g/mol. The molecule has 0 saturated heterocycles. The molecule has 0 aliphatic heterocycles. The van der Waals surface area contributed by atoms with Crippen molar-refractivity contribution in [2.24, 2.45) is 0 Å². The second kappa shape index (κ2) is 9.26. The van der Waals surface area contributed by atoms with Gasteiger partial charge in [-0.2, -0.15) is 0 Å². The van der Waals surface area contributed by atoms with Crippen LogP contribution >= 0.6 is 0 Å². The van der Waals surface area contributed by atoms with Crippen molar-refractivity contribution in [2.75, 3.05) is 19.8 Å². The van der Waals surface area contributed by atoms with Crippen LogP contribution in [0.3, 0.4) is 0 Å². The van der Waals surface area contributed by atoms with E-state index in [0.717, 1.165) is 19.4 Å². The van der Waals surface area contributed by atoms with Crippen LogP contribution in [0.15, 0.2) is 12.2 Å². The number of rotatable bonds is 7. The minimum Gasteiger partial charge on any atom is -0.462 e. The van der Waals surface area contributed by atoms with Crippen LogP contribution in [0.1, 0.15) is 26.7 Å². The summed E-state index contributed by atoms with van der Waals surface area (Å²) in [6.07, 6.45) is 4.87. The number of hydrogen-bond acceptors (Lipinski definition) is 3. The molecule has 76 valence electrons. The predicted octanol–water partition coefficient (Wildman–Crippen LogP) is 1.92. The molecule has 0 saturated carbocycles. The Kier molecular flexibility index (Phi) is 8.67. The lowest BCUT2D eigenvalue weighted by atomic mass is 10.4. The van der Waals surface area contributed by atoms with Crippen molar-refractivity contribution in [1.29, 1.82) is 0 Å². The van der Waals surface area contributed by atoms with Crippen molar-refractivity contribution in [3.05, 3.63) is 12.2 Å². The van der Waals surface area contributed by atoms with E-state index >= 15 is 0 Å². The Morgan fingerprint density at radius 3 is 2.69 bits per heavy atom. The van der Waals surface area contributed by atoms with E-state index in [9.17, 15) is 4.79 Å². The zero-order valence-electron chi connectivity index (χ0n) is 8.41. The first-order valence-corrected chi connectivity index (χ1v) is 4.68. The average Bonchev–Trinajstić information content (AvgIpc) is 2.11. The molecule has 3 heteroatoms. The summed E-state index contributed by atoms with van der Waals surface area (Å²) in [5.41, 5.74) is 0. The first-order chi connectivity index (χ1) is 6.31.